The van der Waals surface area contributed by atoms with E-state index in [1.165, 1.54) is 12.1 Å². The third-order valence-corrected chi connectivity index (χ3v) is 6.38. The van der Waals surface area contributed by atoms with Crippen molar-refractivity contribution in [3.8, 4) is 0 Å². The van der Waals surface area contributed by atoms with Gasteiger partial charge in [-0.3, -0.25) is 14.9 Å². The number of ketones is 1. The largest absolute Gasteiger partial charge is 0.454 e. The fourth-order valence-corrected chi connectivity index (χ4v) is 4.52. The quantitative estimate of drug-likeness (QED) is 0.250. The Morgan fingerprint density at radius 1 is 1.18 bits per heavy atom. The van der Waals surface area contributed by atoms with Crippen molar-refractivity contribution in [2.75, 3.05) is 44.4 Å². The number of Topliss-reactive ketones (excluding diaryl/α,β-unsaturated/α-hetero) is 1. The van der Waals surface area contributed by atoms with Gasteiger partial charge in [0.2, 0.25) is 5.78 Å². The molecule has 4 rings (SSSR count). The third-order valence-electron chi connectivity index (χ3n) is 6.38. The van der Waals surface area contributed by atoms with E-state index in [-0.39, 0.29) is 23.1 Å². The van der Waals surface area contributed by atoms with E-state index in [0.717, 1.165) is 30.8 Å². The molecule has 0 amide bonds. The predicted molar refractivity (Wildman–Crippen MR) is 124 cm³/mol. The minimum atomic E-state index is -0.779. The Labute approximate surface area is 197 Å². The van der Waals surface area contributed by atoms with Crippen LogP contribution in [0.1, 0.15) is 44.9 Å². The Morgan fingerprint density at radius 3 is 2.62 bits per heavy atom. The zero-order valence-corrected chi connectivity index (χ0v) is 19.5. The number of anilines is 1. The van der Waals surface area contributed by atoms with Crippen molar-refractivity contribution in [2.24, 2.45) is 0 Å². The van der Waals surface area contributed by atoms with E-state index in [1.54, 1.807) is 12.1 Å². The van der Waals surface area contributed by atoms with Crippen LogP contribution in [0.2, 0.25) is 0 Å². The number of nitro groups is 1. The van der Waals surface area contributed by atoms with Crippen molar-refractivity contribution in [1.82, 2.24) is 4.57 Å². The van der Waals surface area contributed by atoms with Gasteiger partial charge in [-0.2, -0.15) is 0 Å². The topological polar surface area (TPSA) is 113 Å². The lowest BCUT2D eigenvalue weighted by Gasteiger charge is -2.28. The molecule has 3 heterocycles. The Morgan fingerprint density at radius 2 is 1.94 bits per heavy atom. The van der Waals surface area contributed by atoms with Gasteiger partial charge in [0.15, 0.2) is 6.61 Å². The summed E-state index contributed by atoms with van der Waals surface area (Å²) in [5.74, 6) is -1.10. The molecule has 1 aromatic carbocycles. The van der Waals surface area contributed by atoms with Crippen LogP contribution in [0.3, 0.4) is 0 Å². The summed E-state index contributed by atoms with van der Waals surface area (Å²) in [6.07, 6.45) is 2.17. The van der Waals surface area contributed by atoms with Crippen molar-refractivity contribution in [1.29, 1.82) is 0 Å². The summed E-state index contributed by atoms with van der Waals surface area (Å²) in [6.45, 7) is 6.83. The number of aryl methyl sites for hydroxylation is 1. The molecule has 0 radical (unpaired) electrons. The van der Waals surface area contributed by atoms with Gasteiger partial charge in [0, 0.05) is 49.3 Å². The highest BCUT2D eigenvalue weighted by Crippen LogP contribution is 2.30. The molecule has 1 unspecified atom stereocenters. The molecule has 0 saturated carbocycles. The molecule has 0 aliphatic carbocycles. The van der Waals surface area contributed by atoms with Crippen LogP contribution >= 0.6 is 0 Å². The maximum atomic E-state index is 12.8. The van der Waals surface area contributed by atoms with Gasteiger partial charge >= 0.3 is 5.97 Å². The molecule has 0 bridgehead atoms. The molecule has 2 aliphatic heterocycles. The lowest BCUT2D eigenvalue weighted by atomic mass is 10.1. The maximum absolute atomic E-state index is 12.8. The molecule has 2 aliphatic rings. The second-order valence-corrected chi connectivity index (χ2v) is 8.59. The monoisotopic (exact) mass is 471 g/mol. The molecule has 2 aromatic rings. The minimum absolute atomic E-state index is 0.0281. The van der Waals surface area contributed by atoms with E-state index in [2.05, 4.69) is 4.57 Å². The van der Waals surface area contributed by atoms with Gasteiger partial charge in [0.1, 0.15) is 5.69 Å². The summed E-state index contributed by atoms with van der Waals surface area (Å²) in [5, 5.41) is 11.6. The highest BCUT2D eigenvalue weighted by atomic mass is 16.6. The molecule has 2 saturated heterocycles. The van der Waals surface area contributed by atoms with Crippen LogP contribution in [-0.4, -0.2) is 66.9 Å². The first kappa shape index (κ1) is 23.9. The fraction of sp³-hybridized carbons (Fsp3) is 0.500. The first-order valence-corrected chi connectivity index (χ1v) is 11.4. The number of esters is 1. The molecule has 10 nitrogen and oxygen atoms in total. The molecule has 2 fully saturated rings. The summed E-state index contributed by atoms with van der Waals surface area (Å²) < 4.78 is 18.3. The van der Waals surface area contributed by atoms with Crippen LogP contribution in [0.15, 0.2) is 24.3 Å². The number of morpholine rings is 1. The van der Waals surface area contributed by atoms with Crippen LogP contribution in [0.25, 0.3) is 0 Å². The van der Waals surface area contributed by atoms with Crippen molar-refractivity contribution in [2.45, 2.75) is 39.3 Å². The van der Waals surface area contributed by atoms with Gasteiger partial charge in [0.25, 0.3) is 5.69 Å². The lowest BCUT2D eigenvalue weighted by Crippen LogP contribution is -2.36. The van der Waals surface area contributed by atoms with Crippen molar-refractivity contribution in [3.63, 3.8) is 0 Å². The first-order valence-electron chi connectivity index (χ1n) is 11.4. The number of hydrogen-bond acceptors (Lipinski definition) is 8. The van der Waals surface area contributed by atoms with Gasteiger partial charge in [-0.1, -0.05) is 0 Å². The van der Waals surface area contributed by atoms with E-state index >= 15 is 0 Å². The smallest absolute Gasteiger partial charge is 0.338 e. The number of benzene rings is 1. The minimum Gasteiger partial charge on any atom is -0.454 e. The number of carbonyl (C=O) groups excluding carboxylic acids is 2. The summed E-state index contributed by atoms with van der Waals surface area (Å²) in [5.41, 5.74) is 2.52. The Bertz CT molecular complexity index is 1080. The number of rotatable bonds is 8. The van der Waals surface area contributed by atoms with Crippen LogP contribution in [0.5, 0.6) is 0 Å². The second-order valence-electron chi connectivity index (χ2n) is 8.59. The van der Waals surface area contributed by atoms with Crippen LogP contribution in [-0.2, 0) is 20.8 Å². The molecule has 0 spiro atoms. The zero-order chi connectivity index (χ0) is 24.2. The van der Waals surface area contributed by atoms with E-state index in [1.807, 2.05) is 18.7 Å². The van der Waals surface area contributed by atoms with Crippen LogP contribution < -0.4 is 4.90 Å². The average molecular weight is 472 g/mol. The Kier molecular flexibility index (Phi) is 7.28. The van der Waals surface area contributed by atoms with Crippen LogP contribution in [0.4, 0.5) is 11.4 Å². The third kappa shape index (κ3) is 5.13. The Balaban J connectivity index is 1.42. The fourth-order valence-electron chi connectivity index (χ4n) is 4.52. The molecule has 10 heteroatoms. The van der Waals surface area contributed by atoms with Gasteiger partial charge in [0.05, 0.1) is 29.8 Å². The zero-order valence-electron chi connectivity index (χ0n) is 19.5. The SMILES string of the molecule is Cc1cc(C(=O)COC(=O)c2ccc(N3CCOCC3)c([N+](=O)[O-])c2)c(C)n1CC1CCCO1. The van der Waals surface area contributed by atoms with E-state index in [4.69, 9.17) is 14.2 Å². The average Bonchev–Trinajstić information content (AvgIpc) is 3.46. The summed E-state index contributed by atoms with van der Waals surface area (Å²) >= 11 is 0. The van der Waals surface area contributed by atoms with Gasteiger partial charge in [-0.25, -0.2) is 4.79 Å². The first-order chi connectivity index (χ1) is 16.3. The molecule has 1 aromatic heterocycles. The highest BCUT2D eigenvalue weighted by molar-refractivity contribution is 6.00. The van der Waals surface area contributed by atoms with E-state index < -0.39 is 17.5 Å². The maximum Gasteiger partial charge on any atom is 0.338 e. The van der Waals surface area contributed by atoms with Crippen molar-refractivity contribution in [3.05, 3.63) is 56.9 Å². The predicted octanol–water partition coefficient (Wildman–Crippen LogP) is 3.07. The van der Waals surface area contributed by atoms with E-state index in [9.17, 15) is 19.7 Å². The normalized spacial score (nSPS) is 18.2. The standard InChI is InChI=1S/C24H29N3O7/c1-16-12-20(17(2)26(16)14-19-4-3-9-33-19)23(28)15-34-24(29)18-5-6-21(22(13-18)27(30)31)25-7-10-32-11-8-25/h5-6,12-13,19H,3-4,7-11,14-15H2,1-2H3. The van der Waals surface area contributed by atoms with Gasteiger partial charge < -0.3 is 23.7 Å². The molecule has 0 N–H and O–H groups in total. The highest BCUT2D eigenvalue weighted by Gasteiger charge is 2.25. The van der Waals surface area contributed by atoms with Crippen molar-refractivity contribution < 1.29 is 28.7 Å². The van der Waals surface area contributed by atoms with Gasteiger partial charge in [-0.15, -0.1) is 0 Å². The number of aromatic nitrogens is 1. The molecule has 1 atom stereocenters. The van der Waals surface area contributed by atoms with Crippen LogP contribution in [0, 0.1) is 24.0 Å². The number of hydrogen-bond donors (Lipinski definition) is 0. The molecule has 182 valence electrons. The number of ether oxygens (including phenoxy) is 3. The lowest BCUT2D eigenvalue weighted by molar-refractivity contribution is -0.384. The number of carbonyl (C=O) groups is 2. The second kappa shape index (κ2) is 10.4. The summed E-state index contributed by atoms with van der Waals surface area (Å²) in [7, 11) is 0. The summed E-state index contributed by atoms with van der Waals surface area (Å²) in [6, 6.07) is 6.02. The Hall–Kier alpha value is -3.24. The van der Waals surface area contributed by atoms with Crippen molar-refractivity contribution >= 4 is 23.1 Å². The van der Waals surface area contributed by atoms with Gasteiger partial charge in [-0.05, 0) is 44.9 Å². The number of nitrogens with zero attached hydrogens (tertiary/aromatic N) is 3. The molecule has 34 heavy (non-hydrogen) atoms. The molecular weight excluding hydrogens is 442 g/mol. The summed E-state index contributed by atoms with van der Waals surface area (Å²) in [4.78, 5) is 38.3. The molecular formula is C24H29N3O7. The number of nitro benzene ring substituents is 1. The van der Waals surface area contributed by atoms with E-state index in [0.29, 0.717) is 44.1 Å².